The fraction of sp³-hybridized carbons (Fsp3) is 0.294. The molecule has 0 amide bonds. The first-order chi connectivity index (χ1) is 10.4. The predicted octanol–water partition coefficient (Wildman–Crippen LogP) is 2.81. The van der Waals surface area contributed by atoms with Crippen LogP contribution >= 0.6 is 0 Å². The standard InChI is InChI=1S/C9H10O4.C8H8O/c1-9(8(12)13)4-2-3-6(5-9)7(10)11;1-2-4-7(5-3-1)8-6-9-8/h2-4H,5H2,1H3,(H,10,11)(H,12,13);1-5,8H,6H2. The zero-order valence-electron chi connectivity index (χ0n) is 12.2. The van der Waals surface area contributed by atoms with Crippen molar-refractivity contribution in [3.05, 3.63) is 59.7 Å². The number of carboxylic acid groups (broad SMARTS) is 2. The van der Waals surface area contributed by atoms with E-state index in [2.05, 4.69) is 12.1 Å². The Morgan fingerprint density at radius 1 is 1.23 bits per heavy atom. The number of carboxylic acids is 2. The number of carbonyl (C=O) groups is 2. The van der Waals surface area contributed by atoms with Gasteiger partial charge in [-0.25, -0.2) is 4.79 Å². The molecule has 1 aromatic rings. The van der Waals surface area contributed by atoms with E-state index in [9.17, 15) is 9.59 Å². The molecule has 2 unspecified atom stereocenters. The molecule has 1 saturated heterocycles. The molecule has 22 heavy (non-hydrogen) atoms. The molecule has 0 saturated carbocycles. The average molecular weight is 302 g/mol. The Balaban J connectivity index is 0.000000170. The molecule has 0 bridgehead atoms. The van der Waals surface area contributed by atoms with Crippen molar-refractivity contribution in [3.8, 4) is 0 Å². The smallest absolute Gasteiger partial charge is 0.331 e. The van der Waals surface area contributed by atoms with E-state index < -0.39 is 17.4 Å². The molecule has 1 aromatic carbocycles. The van der Waals surface area contributed by atoms with E-state index in [1.165, 1.54) is 30.7 Å². The lowest BCUT2D eigenvalue weighted by atomic mass is 9.80. The van der Waals surface area contributed by atoms with Crippen LogP contribution in [0.3, 0.4) is 0 Å². The topological polar surface area (TPSA) is 87.1 Å². The van der Waals surface area contributed by atoms with Gasteiger partial charge in [0.15, 0.2) is 0 Å². The molecule has 2 aliphatic rings. The SMILES string of the molecule is CC1(C(=O)O)C=CC=C(C(=O)O)C1.c1ccc(C2CO2)cc1. The highest BCUT2D eigenvalue weighted by atomic mass is 16.6. The maximum Gasteiger partial charge on any atom is 0.331 e. The van der Waals surface area contributed by atoms with Gasteiger partial charge < -0.3 is 14.9 Å². The van der Waals surface area contributed by atoms with E-state index in [1.807, 2.05) is 18.2 Å². The van der Waals surface area contributed by atoms with Crippen LogP contribution in [-0.2, 0) is 14.3 Å². The summed E-state index contributed by atoms with van der Waals surface area (Å²) < 4.78 is 5.09. The highest BCUT2D eigenvalue weighted by Gasteiger charge is 2.34. The summed E-state index contributed by atoms with van der Waals surface area (Å²) in [6, 6.07) is 10.3. The number of benzene rings is 1. The second-order valence-corrected chi connectivity index (χ2v) is 5.49. The lowest BCUT2D eigenvalue weighted by Gasteiger charge is -2.23. The van der Waals surface area contributed by atoms with Crippen LogP contribution in [0.25, 0.3) is 0 Å². The first-order valence-electron chi connectivity index (χ1n) is 6.94. The van der Waals surface area contributed by atoms with E-state index in [0.717, 1.165) is 6.61 Å². The van der Waals surface area contributed by atoms with Crippen molar-refractivity contribution in [2.45, 2.75) is 19.4 Å². The molecule has 1 aliphatic carbocycles. The van der Waals surface area contributed by atoms with Gasteiger partial charge in [-0.1, -0.05) is 48.6 Å². The molecule has 116 valence electrons. The number of hydrogen-bond donors (Lipinski definition) is 2. The summed E-state index contributed by atoms with van der Waals surface area (Å²) in [5, 5.41) is 17.5. The van der Waals surface area contributed by atoms with Gasteiger partial charge in [-0.05, 0) is 18.9 Å². The lowest BCUT2D eigenvalue weighted by molar-refractivity contribution is -0.145. The van der Waals surface area contributed by atoms with Crippen LogP contribution in [0.5, 0.6) is 0 Å². The van der Waals surface area contributed by atoms with E-state index in [-0.39, 0.29) is 12.0 Å². The number of epoxide rings is 1. The summed E-state index contributed by atoms with van der Waals surface area (Å²) in [7, 11) is 0. The lowest BCUT2D eigenvalue weighted by Crippen LogP contribution is -2.28. The van der Waals surface area contributed by atoms with Crippen molar-refractivity contribution in [2.24, 2.45) is 5.41 Å². The Bertz CT molecular complexity index is 613. The van der Waals surface area contributed by atoms with Crippen LogP contribution in [0.4, 0.5) is 0 Å². The van der Waals surface area contributed by atoms with Crippen LogP contribution < -0.4 is 0 Å². The summed E-state index contributed by atoms with van der Waals surface area (Å²) in [5.74, 6) is -2.06. The number of aliphatic carboxylic acids is 2. The fourth-order valence-electron chi connectivity index (χ4n) is 2.09. The molecule has 0 spiro atoms. The van der Waals surface area contributed by atoms with Gasteiger partial charge in [0.2, 0.25) is 0 Å². The van der Waals surface area contributed by atoms with Gasteiger partial charge in [0, 0.05) is 5.57 Å². The van der Waals surface area contributed by atoms with Crippen molar-refractivity contribution in [1.82, 2.24) is 0 Å². The van der Waals surface area contributed by atoms with Crippen LogP contribution in [0.15, 0.2) is 54.1 Å². The van der Waals surface area contributed by atoms with Gasteiger partial charge in [-0.3, -0.25) is 4.79 Å². The minimum Gasteiger partial charge on any atom is -0.481 e. The summed E-state index contributed by atoms with van der Waals surface area (Å²) >= 11 is 0. The number of allylic oxidation sites excluding steroid dienone is 2. The quantitative estimate of drug-likeness (QED) is 0.838. The van der Waals surface area contributed by atoms with E-state index in [0.29, 0.717) is 6.10 Å². The van der Waals surface area contributed by atoms with Crippen molar-refractivity contribution in [1.29, 1.82) is 0 Å². The molecule has 1 aliphatic heterocycles. The zero-order valence-corrected chi connectivity index (χ0v) is 12.2. The predicted molar refractivity (Wildman–Crippen MR) is 80.4 cm³/mol. The molecular weight excluding hydrogens is 284 g/mol. The fourth-order valence-corrected chi connectivity index (χ4v) is 2.09. The van der Waals surface area contributed by atoms with Crippen LogP contribution in [-0.4, -0.2) is 28.8 Å². The Morgan fingerprint density at radius 3 is 2.36 bits per heavy atom. The van der Waals surface area contributed by atoms with Crippen LogP contribution in [0.2, 0.25) is 0 Å². The summed E-state index contributed by atoms with van der Waals surface area (Å²) in [6.45, 7) is 2.41. The second kappa shape index (κ2) is 6.58. The number of rotatable bonds is 3. The van der Waals surface area contributed by atoms with Crippen molar-refractivity contribution < 1.29 is 24.5 Å². The normalized spacial score (nSPS) is 25.5. The van der Waals surface area contributed by atoms with Gasteiger partial charge >= 0.3 is 11.9 Å². The molecule has 5 nitrogen and oxygen atoms in total. The Labute approximate surface area is 128 Å². The third-order valence-corrected chi connectivity index (χ3v) is 3.59. The molecule has 1 fully saturated rings. The molecule has 0 aromatic heterocycles. The van der Waals surface area contributed by atoms with Gasteiger partial charge in [-0.2, -0.15) is 0 Å². The molecule has 2 N–H and O–H groups in total. The molecule has 5 heteroatoms. The zero-order chi connectivity index (χ0) is 16.2. The van der Waals surface area contributed by atoms with E-state index in [1.54, 1.807) is 0 Å². The molecule has 2 atom stereocenters. The highest BCUT2D eigenvalue weighted by molar-refractivity contribution is 5.90. The molecule has 0 radical (unpaired) electrons. The van der Waals surface area contributed by atoms with Gasteiger partial charge in [0.1, 0.15) is 6.10 Å². The first-order valence-corrected chi connectivity index (χ1v) is 6.94. The number of hydrogen-bond acceptors (Lipinski definition) is 3. The number of ether oxygens (including phenoxy) is 1. The minimum absolute atomic E-state index is 0.0359. The molecule has 1 heterocycles. The van der Waals surface area contributed by atoms with Crippen LogP contribution in [0, 0.1) is 5.41 Å². The van der Waals surface area contributed by atoms with E-state index >= 15 is 0 Å². The third kappa shape index (κ3) is 4.05. The second-order valence-electron chi connectivity index (χ2n) is 5.49. The van der Waals surface area contributed by atoms with Gasteiger partial charge in [-0.15, -0.1) is 0 Å². The van der Waals surface area contributed by atoms with E-state index in [4.69, 9.17) is 14.9 Å². The summed E-state index contributed by atoms with van der Waals surface area (Å²) in [6.07, 6.45) is 4.84. The summed E-state index contributed by atoms with van der Waals surface area (Å²) in [5.41, 5.74) is 0.354. The Morgan fingerprint density at radius 2 is 1.86 bits per heavy atom. The average Bonchev–Trinajstić information content (AvgIpc) is 3.33. The molecule has 3 rings (SSSR count). The third-order valence-electron chi connectivity index (χ3n) is 3.59. The largest absolute Gasteiger partial charge is 0.481 e. The maximum atomic E-state index is 10.8. The van der Waals surface area contributed by atoms with Gasteiger partial charge in [0.05, 0.1) is 12.0 Å². The maximum absolute atomic E-state index is 10.8. The summed E-state index contributed by atoms with van der Waals surface area (Å²) in [4.78, 5) is 21.3. The molecular formula is C17H18O5. The first kappa shape index (κ1) is 16.0. The monoisotopic (exact) mass is 302 g/mol. The van der Waals surface area contributed by atoms with Gasteiger partial charge in [0.25, 0.3) is 0 Å². The Hall–Kier alpha value is -2.40. The van der Waals surface area contributed by atoms with Crippen LogP contribution in [0.1, 0.15) is 25.0 Å². The van der Waals surface area contributed by atoms with Crippen molar-refractivity contribution in [3.63, 3.8) is 0 Å². The highest BCUT2D eigenvalue weighted by Crippen LogP contribution is 2.31. The Kier molecular flexibility index (Phi) is 4.78. The van der Waals surface area contributed by atoms with Crippen molar-refractivity contribution in [2.75, 3.05) is 6.61 Å². The van der Waals surface area contributed by atoms with Crippen molar-refractivity contribution >= 4 is 11.9 Å². The minimum atomic E-state index is -1.08.